The average Bonchev–Trinajstić information content (AvgIpc) is 2.59. The maximum absolute atomic E-state index is 10.9. The van der Waals surface area contributed by atoms with Crippen LogP contribution in [0.15, 0.2) is 81.7 Å². The fraction of sp³-hybridized carbons (Fsp3) is 0.0500. The molecule has 23 heavy (non-hydrogen) atoms. The van der Waals surface area contributed by atoms with Crippen molar-refractivity contribution in [2.45, 2.75) is 5.92 Å². The van der Waals surface area contributed by atoms with Crippen molar-refractivity contribution >= 4 is 38.1 Å². The molecule has 0 radical (unpaired) electrons. The molecule has 0 fully saturated rings. The maximum Gasteiger partial charge on any atom is 0.150 e. The van der Waals surface area contributed by atoms with Crippen molar-refractivity contribution < 1.29 is 4.79 Å². The molecule has 0 aliphatic rings. The summed E-state index contributed by atoms with van der Waals surface area (Å²) in [5.74, 6) is 0.111. The SMILES string of the molecule is O=Cc1ccc(C(c2ccc(Br)cc2)c2ccccc2Br)cc1. The molecule has 0 saturated heterocycles. The lowest BCUT2D eigenvalue weighted by Crippen LogP contribution is -2.04. The van der Waals surface area contributed by atoms with Gasteiger partial charge in [-0.15, -0.1) is 0 Å². The second-order valence-corrected chi connectivity index (χ2v) is 7.06. The third-order valence-electron chi connectivity index (χ3n) is 3.83. The smallest absolute Gasteiger partial charge is 0.150 e. The van der Waals surface area contributed by atoms with Gasteiger partial charge in [0, 0.05) is 20.4 Å². The number of aldehydes is 1. The molecule has 0 spiro atoms. The van der Waals surface area contributed by atoms with Crippen LogP contribution >= 0.6 is 31.9 Å². The molecule has 3 rings (SSSR count). The Morgan fingerprint density at radius 1 is 0.739 bits per heavy atom. The molecule has 1 unspecified atom stereocenters. The van der Waals surface area contributed by atoms with E-state index >= 15 is 0 Å². The quantitative estimate of drug-likeness (QED) is 0.356. The lowest BCUT2D eigenvalue weighted by Gasteiger charge is -2.20. The van der Waals surface area contributed by atoms with Crippen molar-refractivity contribution in [2.24, 2.45) is 0 Å². The Morgan fingerprint density at radius 3 is 1.87 bits per heavy atom. The van der Waals surface area contributed by atoms with Gasteiger partial charge < -0.3 is 0 Å². The number of hydrogen-bond acceptors (Lipinski definition) is 1. The summed E-state index contributed by atoms with van der Waals surface area (Å²) in [6.07, 6.45) is 0.872. The van der Waals surface area contributed by atoms with E-state index in [0.29, 0.717) is 5.56 Å². The van der Waals surface area contributed by atoms with Crippen LogP contribution in [0.4, 0.5) is 0 Å². The fourth-order valence-corrected chi connectivity index (χ4v) is 3.46. The fourth-order valence-electron chi connectivity index (χ4n) is 2.68. The van der Waals surface area contributed by atoms with Gasteiger partial charge in [-0.3, -0.25) is 4.79 Å². The van der Waals surface area contributed by atoms with Crippen LogP contribution in [-0.2, 0) is 0 Å². The van der Waals surface area contributed by atoms with Gasteiger partial charge in [-0.1, -0.05) is 86.5 Å². The molecule has 1 nitrogen and oxygen atoms in total. The maximum atomic E-state index is 10.9. The minimum Gasteiger partial charge on any atom is -0.298 e. The normalized spacial score (nSPS) is 11.9. The topological polar surface area (TPSA) is 17.1 Å². The Morgan fingerprint density at radius 2 is 1.30 bits per heavy atom. The average molecular weight is 430 g/mol. The lowest BCUT2D eigenvalue weighted by atomic mass is 9.85. The number of carbonyl (C=O) groups is 1. The first kappa shape index (κ1) is 16.2. The van der Waals surface area contributed by atoms with Crippen molar-refractivity contribution in [3.05, 3.63) is 104 Å². The molecule has 0 aliphatic heterocycles. The van der Waals surface area contributed by atoms with Crippen molar-refractivity contribution in [3.63, 3.8) is 0 Å². The molecular weight excluding hydrogens is 416 g/mol. The van der Waals surface area contributed by atoms with Crippen molar-refractivity contribution in [3.8, 4) is 0 Å². The highest BCUT2D eigenvalue weighted by Crippen LogP contribution is 2.36. The largest absolute Gasteiger partial charge is 0.298 e. The van der Waals surface area contributed by atoms with E-state index in [2.05, 4.69) is 68.3 Å². The molecule has 0 aliphatic carbocycles. The summed E-state index contributed by atoms with van der Waals surface area (Å²) in [4.78, 5) is 10.9. The van der Waals surface area contributed by atoms with E-state index in [9.17, 15) is 4.79 Å². The van der Waals surface area contributed by atoms with E-state index in [1.807, 2.05) is 36.4 Å². The van der Waals surface area contributed by atoms with Gasteiger partial charge in [0.1, 0.15) is 6.29 Å². The Kier molecular flexibility index (Phi) is 5.09. The first-order chi connectivity index (χ1) is 11.2. The van der Waals surface area contributed by atoms with E-state index in [1.54, 1.807) is 0 Å². The number of rotatable bonds is 4. The second-order valence-electron chi connectivity index (χ2n) is 5.29. The monoisotopic (exact) mass is 428 g/mol. The van der Waals surface area contributed by atoms with Crippen molar-refractivity contribution in [1.82, 2.24) is 0 Å². The highest BCUT2D eigenvalue weighted by molar-refractivity contribution is 9.10. The Balaban J connectivity index is 2.14. The zero-order valence-electron chi connectivity index (χ0n) is 12.2. The third kappa shape index (κ3) is 3.62. The van der Waals surface area contributed by atoms with Gasteiger partial charge in [-0.05, 0) is 34.9 Å². The summed E-state index contributed by atoms with van der Waals surface area (Å²) >= 11 is 7.16. The molecule has 0 aromatic heterocycles. The summed E-state index contributed by atoms with van der Waals surface area (Å²) in [6.45, 7) is 0. The van der Waals surface area contributed by atoms with E-state index in [-0.39, 0.29) is 5.92 Å². The number of carbonyl (C=O) groups excluding carboxylic acids is 1. The van der Waals surface area contributed by atoms with Gasteiger partial charge in [0.25, 0.3) is 0 Å². The van der Waals surface area contributed by atoms with Gasteiger partial charge in [-0.2, -0.15) is 0 Å². The van der Waals surface area contributed by atoms with Crippen LogP contribution in [0.2, 0.25) is 0 Å². The number of benzene rings is 3. The van der Waals surface area contributed by atoms with Crippen LogP contribution in [-0.4, -0.2) is 6.29 Å². The zero-order valence-corrected chi connectivity index (χ0v) is 15.4. The first-order valence-corrected chi connectivity index (χ1v) is 8.82. The molecule has 3 aromatic carbocycles. The summed E-state index contributed by atoms with van der Waals surface area (Å²) in [5.41, 5.74) is 4.26. The Labute approximate surface area is 152 Å². The van der Waals surface area contributed by atoms with Gasteiger partial charge in [-0.25, -0.2) is 0 Å². The van der Waals surface area contributed by atoms with Crippen molar-refractivity contribution in [2.75, 3.05) is 0 Å². The molecular formula is C20H14Br2O. The van der Waals surface area contributed by atoms with E-state index in [4.69, 9.17) is 0 Å². The standard InChI is InChI=1S/C20H14Br2O/c21-17-11-9-16(10-12-17)20(18-3-1-2-4-19(18)22)15-7-5-14(13-23)6-8-15/h1-13,20H. The van der Waals surface area contributed by atoms with Crippen molar-refractivity contribution in [1.29, 1.82) is 0 Å². The minimum atomic E-state index is 0.111. The summed E-state index contributed by atoms with van der Waals surface area (Å²) in [6, 6.07) is 24.4. The Bertz CT molecular complexity index is 808. The third-order valence-corrected chi connectivity index (χ3v) is 5.08. The number of halogens is 2. The zero-order chi connectivity index (χ0) is 16.2. The number of hydrogen-bond donors (Lipinski definition) is 0. The van der Waals surface area contributed by atoms with Gasteiger partial charge >= 0.3 is 0 Å². The minimum absolute atomic E-state index is 0.111. The second kappa shape index (κ2) is 7.24. The molecule has 3 aromatic rings. The predicted molar refractivity (Wildman–Crippen MR) is 101 cm³/mol. The molecule has 114 valence electrons. The summed E-state index contributed by atoms with van der Waals surface area (Å²) in [5, 5.41) is 0. The van der Waals surface area contributed by atoms with Crippen LogP contribution in [0.25, 0.3) is 0 Å². The molecule has 1 atom stereocenters. The lowest BCUT2D eigenvalue weighted by molar-refractivity contribution is 0.112. The summed E-state index contributed by atoms with van der Waals surface area (Å²) in [7, 11) is 0. The van der Waals surface area contributed by atoms with Gasteiger partial charge in [0.15, 0.2) is 0 Å². The van der Waals surface area contributed by atoms with Crippen LogP contribution in [0.3, 0.4) is 0 Å². The molecule has 0 bridgehead atoms. The summed E-state index contributed by atoms with van der Waals surface area (Å²) < 4.78 is 2.14. The highest BCUT2D eigenvalue weighted by atomic mass is 79.9. The van der Waals surface area contributed by atoms with Crippen LogP contribution in [0, 0.1) is 0 Å². The molecule has 0 saturated carbocycles. The Hall–Kier alpha value is -1.71. The van der Waals surface area contributed by atoms with Gasteiger partial charge in [0.05, 0.1) is 0 Å². The van der Waals surface area contributed by atoms with Crippen LogP contribution < -0.4 is 0 Å². The molecule has 0 N–H and O–H groups in total. The van der Waals surface area contributed by atoms with Crippen LogP contribution in [0.5, 0.6) is 0 Å². The first-order valence-electron chi connectivity index (χ1n) is 7.24. The van der Waals surface area contributed by atoms with Crippen LogP contribution in [0.1, 0.15) is 33.0 Å². The van der Waals surface area contributed by atoms with E-state index in [1.165, 1.54) is 11.1 Å². The molecule has 0 heterocycles. The molecule has 0 amide bonds. The van der Waals surface area contributed by atoms with E-state index < -0.39 is 0 Å². The molecule has 3 heteroatoms. The highest BCUT2D eigenvalue weighted by Gasteiger charge is 2.18. The van der Waals surface area contributed by atoms with Gasteiger partial charge in [0.2, 0.25) is 0 Å². The predicted octanol–water partition coefficient (Wildman–Crippen LogP) is 6.20. The van der Waals surface area contributed by atoms with E-state index in [0.717, 1.165) is 20.8 Å².